The zero-order valence-electron chi connectivity index (χ0n) is 16.8. The molecule has 4 heterocycles. The van der Waals surface area contributed by atoms with E-state index in [-0.39, 0.29) is 17.6 Å². The van der Waals surface area contributed by atoms with Crippen molar-refractivity contribution in [1.82, 2.24) is 9.88 Å². The summed E-state index contributed by atoms with van der Waals surface area (Å²) in [5.74, 6) is 0.133. The Labute approximate surface area is 169 Å². The fourth-order valence-corrected chi connectivity index (χ4v) is 4.09. The topological polar surface area (TPSA) is 92.9 Å². The van der Waals surface area contributed by atoms with Gasteiger partial charge in [-0.1, -0.05) is 6.07 Å². The highest BCUT2D eigenvalue weighted by Gasteiger charge is 2.37. The number of aryl methyl sites for hydroxylation is 2. The van der Waals surface area contributed by atoms with E-state index in [9.17, 15) is 14.7 Å². The minimum Gasteiger partial charge on any atom is -0.424 e. The highest BCUT2D eigenvalue weighted by molar-refractivity contribution is 5.95. The number of nitrogens with zero attached hydrogens (tertiary/aromatic N) is 2. The molecule has 0 aliphatic carbocycles. The molecular formula is C22H26N2O5. The third-order valence-corrected chi connectivity index (χ3v) is 5.89. The minimum absolute atomic E-state index is 0.0608. The van der Waals surface area contributed by atoms with Crippen LogP contribution >= 0.6 is 0 Å². The maximum Gasteiger partial charge on any atom is 0.349 e. The van der Waals surface area contributed by atoms with Crippen LogP contribution in [0.2, 0.25) is 0 Å². The van der Waals surface area contributed by atoms with Crippen molar-refractivity contribution in [1.29, 1.82) is 0 Å². The highest BCUT2D eigenvalue weighted by atomic mass is 16.5. The lowest BCUT2D eigenvalue weighted by molar-refractivity contribution is -0.0245. The average molecular weight is 398 g/mol. The molecule has 2 aromatic rings. The molecule has 1 atom stereocenters. The fraction of sp³-hybridized carbons (Fsp3) is 0.500. The molecule has 7 nitrogen and oxygen atoms in total. The Morgan fingerprint density at radius 2 is 2.03 bits per heavy atom. The molecule has 29 heavy (non-hydrogen) atoms. The number of pyridine rings is 1. The summed E-state index contributed by atoms with van der Waals surface area (Å²) in [4.78, 5) is 31.5. The average Bonchev–Trinajstić information content (AvgIpc) is 3.23. The summed E-state index contributed by atoms with van der Waals surface area (Å²) in [5, 5.41) is 11.0. The SMILES string of the molecule is Cc1ccc(C2(O)CCN(C(=O)c3c(C)cc(C4CCCO4)oc3=O)CC2)nc1. The van der Waals surface area contributed by atoms with Crippen LogP contribution in [-0.4, -0.2) is 40.6 Å². The number of carbonyl (C=O) groups is 1. The Morgan fingerprint density at radius 3 is 2.62 bits per heavy atom. The summed E-state index contributed by atoms with van der Waals surface area (Å²) in [6.45, 7) is 5.04. The van der Waals surface area contributed by atoms with E-state index in [2.05, 4.69) is 4.98 Å². The van der Waals surface area contributed by atoms with Crippen molar-refractivity contribution in [3.05, 3.63) is 63.0 Å². The zero-order chi connectivity index (χ0) is 20.6. The molecule has 154 valence electrons. The van der Waals surface area contributed by atoms with Crippen LogP contribution in [0, 0.1) is 13.8 Å². The van der Waals surface area contributed by atoms with E-state index >= 15 is 0 Å². The lowest BCUT2D eigenvalue weighted by Crippen LogP contribution is -2.46. The third kappa shape index (κ3) is 3.84. The number of hydrogen-bond acceptors (Lipinski definition) is 6. The molecule has 0 radical (unpaired) electrons. The number of piperidine rings is 1. The zero-order valence-corrected chi connectivity index (χ0v) is 16.8. The van der Waals surface area contributed by atoms with Gasteiger partial charge in [-0.25, -0.2) is 4.79 Å². The van der Waals surface area contributed by atoms with Crippen LogP contribution in [-0.2, 0) is 10.3 Å². The fourth-order valence-electron chi connectivity index (χ4n) is 4.09. The van der Waals surface area contributed by atoms with Gasteiger partial charge in [0.1, 0.15) is 23.0 Å². The van der Waals surface area contributed by atoms with Crippen LogP contribution in [0.1, 0.15) is 64.7 Å². The van der Waals surface area contributed by atoms with E-state index in [4.69, 9.17) is 9.15 Å². The second-order valence-corrected chi connectivity index (χ2v) is 8.04. The van der Waals surface area contributed by atoms with Gasteiger partial charge in [0.25, 0.3) is 5.91 Å². The molecule has 0 aromatic carbocycles. The van der Waals surface area contributed by atoms with Gasteiger partial charge in [0.2, 0.25) is 0 Å². The van der Waals surface area contributed by atoms with Crippen LogP contribution in [0.4, 0.5) is 0 Å². The van der Waals surface area contributed by atoms with E-state index < -0.39 is 11.2 Å². The Morgan fingerprint density at radius 1 is 1.28 bits per heavy atom. The second-order valence-electron chi connectivity index (χ2n) is 8.04. The number of likely N-dealkylation sites (tertiary alicyclic amines) is 1. The monoisotopic (exact) mass is 398 g/mol. The van der Waals surface area contributed by atoms with Gasteiger partial charge >= 0.3 is 5.63 Å². The van der Waals surface area contributed by atoms with Crippen molar-refractivity contribution in [2.24, 2.45) is 0 Å². The van der Waals surface area contributed by atoms with Gasteiger partial charge in [0.05, 0.1) is 5.69 Å². The van der Waals surface area contributed by atoms with Crippen LogP contribution in [0.15, 0.2) is 33.6 Å². The Balaban J connectivity index is 1.49. The number of carbonyl (C=O) groups excluding carboxylic acids is 1. The smallest absolute Gasteiger partial charge is 0.349 e. The summed E-state index contributed by atoms with van der Waals surface area (Å²) in [6, 6.07) is 5.48. The number of aliphatic hydroxyl groups is 1. The van der Waals surface area contributed by atoms with Crippen molar-refractivity contribution >= 4 is 5.91 Å². The van der Waals surface area contributed by atoms with Gasteiger partial charge in [-0.3, -0.25) is 9.78 Å². The molecule has 0 spiro atoms. The van der Waals surface area contributed by atoms with E-state index in [1.165, 1.54) is 0 Å². The first-order chi connectivity index (χ1) is 13.9. The molecule has 4 rings (SSSR count). The number of ether oxygens (including phenoxy) is 1. The lowest BCUT2D eigenvalue weighted by Gasteiger charge is -2.37. The van der Waals surface area contributed by atoms with Gasteiger partial charge in [-0.15, -0.1) is 0 Å². The first-order valence-electron chi connectivity index (χ1n) is 10.1. The molecule has 2 aromatic heterocycles. The summed E-state index contributed by atoms with van der Waals surface area (Å²) in [6.07, 6.45) is 4.00. The predicted octanol–water partition coefficient (Wildman–Crippen LogP) is 2.63. The van der Waals surface area contributed by atoms with Crippen molar-refractivity contribution in [2.45, 2.75) is 51.2 Å². The van der Waals surface area contributed by atoms with Gasteiger partial charge in [-0.2, -0.15) is 0 Å². The van der Waals surface area contributed by atoms with E-state index in [1.807, 2.05) is 19.1 Å². The van der Waals surface area contributed by atoms with Gasteiger partial charge < -0.3 is 19.2 Å². The number of hydrogen-bond donors (Lipinski definition) is 1. The molecule has 1 amide bonds. The summed E-state index contributed by atoms with van der Waals surface area (Å²) >= 11 is 0. The van der Waals surface area contributed by atoms with Crippen LogP contribution in [0.25, 0.3) is 0 Å². The van der Waals surface area contributed by atoms with Crippen molar-refractivity contribution < 1.29 is 19.1 Å². The number of amides is 1. The van der Waals surface area contributed by atoms with Crippen molar-refractivity contribution in [2.75, 3.05) is 19.7 Å². The second kappa shape index (κ2) is 7.72. The molecule has 1 unspecified atom stereocenters. The van der Waals surface area contributed by atoms with Gasteiger partial charge in [0, 0.05) is 25.9 Å². The molecule has 2 aliphatic rings. The highest BCUT2D eigenvalue weighted by Crippen LogP contribution is 2.33. The maximum atomic E-state index is 13.0. The maximum absolute atomic E-state index is 13.0. The normalized spacial score (nSPS) is 21.3. The lowest BCUT2D eigenvalue weighted by atomic mass is 9.87. The van der Waals surface area contributed by atoms with E-state index in [0.29, 0.717) is 49.6 Å². The van der Waals surface area contributed by atoms with Crippen LogP contribution < -0.4 is 5.63 Å². The molecule has 1 N–H and O–H groups in total. The largest absolute Gasteiger partial charge is 0.424 e. The quantitative estimate of drug-likeness (QED) is 0.854. The van der Waals surface area contributed by atoms with E-state index in [0.717, 1.165) is 18.4 Å². The summed E-state index contributed by atoms with van der Waals surface area (Å²) in [7, 11) is 0. The standard InChI is InChI=1S/C22H26N2O5/c1-14-5-6-18(23-13-14)22(27)7-9-24(10-8-22)20(25)19-15(2)12-17(29-21(19)26)16-4-3-11-28-16/h5-6,12-13,16,27H,3-4,7-11H2,1-2H3. The van der Waals surface area contributed by atoms with Crippen LogP contribution in [0.5, 0.6) is 0 Å². The molecule has 0 saturated carbocycles. The Bertz CT molecular complexity index is 952. The Kier molecular flexibility index (Phi) is 5.27. The minimum atomic E-state index is -1.06. The summed E-state index contributed by atoms with van der Waals surface area (Å²) in [5.41, 5.74) is 0.615. The van der Waals surface area contributed by atoms with Gasteiger partial charge in [-0.05, 0) is 62.8 Å². The van der Waals surface area contributed by atoms with Crippen molar-refractivity contribution in [3.63, 3.8) is 0 Å². The molecule has 7 heteroatoms. The molecule has 0 bridgehead atoms. The molecule has 2 saturated heterocycles. The van der Waals surface area contributed by atoms with Crippen LogP contribution in [0.3, 0.4) is 0 Å². The number of aromatic nitrogens is 1. The number of rotatable bonds is 3. The first-order valence-corrected chi connectivity index (χ1v) is 10.1. The van der Waals surface area contributed by atoms with E-state index in [1.54, 1.807) is 24.1 Å². The molecular weight excluding hydrogens is 372 g/mol. The first kappa shape index (κ1) is 19.8. The summed E-state index contributed by atoms with van der Waals surface area (Å²) < 4.78 is 11.0. The third-order valence-electron chi connectivity index (χ3n) is 5.89. The van der Waals surface area contributed by atoms with Gasteiger partial charge in [0.15, 0.2) is 0 Å². The Hall–Kier alpha value is -2.51. The molecule has 2 fully saturated rings. The van der Waals surface area contributed by atoms with Crippen molar-refractivity contribution in [3.8, 4) is 0 Å². The predicted molar refractivity (Wildman–Crippen MR) is 106 cm³/mol. The molecule has 2 aliphatic heterocycles.